The first kappa shape index (κ1) is 17.9. The van der Waals surface area contributed by atoms with Crippen molar-refractivity contribution in [2.24, 2.45) is 0 Å². The van der Waals surface area contributed by atoms with Crippen LogP contribution in [0.25, 0.3) is 0 Å². The molecule has 0 unspecified atom stereocenters. The van der Waals surface area contributed by atoms with Crippen molar-refractivity contribution in [3.8, 4) is 5.75 Å². The van der Waals surface area contributed by atoms with Crippen LogP contribution >= 0.6 is 15.9 Å². The number of halogens is 1. The molecule has 0 atom stereocenters. The molecule has 0 bridgehead atoms. The molecular formula is C14H20BrNO5. The lowest BCUT2D eigenvalue weighted by atomic mass is 10.2. The molecule has 6 nitrogen and oxygen atoms in total. The van der Waals surface area contributed by atoms with Crippen molar-refractivity contribution >= 4 is 21.6 Å². The van der Waals surface area contributed by atoms with Gasteiger partial charge in [0.2, 0.25) is 0 Å². The highest BCUT2D eigenvalue weighted by molar-refractivity contribution is 9.10. The third-order valence-corrected chi connectivity index (χ3v) is 3.18. The Hall–Kier alpha value is -1.18. The summed E-state index contributed by atoms with van der Waals surface area (Å²) in [7, 11) is 0. The second-order valence-corrected chi connectivity index (χ2v) is 5.22. The molecule has 0 aliphatic carbocycles. The van der Waals surface area contributed by atoms with Crippen LogP contribution < -0.4 is 4.74 Å². The van der Waals surface area contributed by atoms with Crippen molar-refractivity contribution in [1.29, 1.82) is 0 Å². The van der Waals surface area contributed by atoms with Gasteiger partial charge in [0, 0.05) is 30.2 Å². The van der Waals surface area contributed by atoms with Crippen molar-refractivity contribution < 1.29 is 19.1 Å². The summed E-state index contributed by atoms with van der Waals surface area (Å²) in [6, 6.07) is 3.22. The topological polar surface area (TPSA) is 70.8 Å². The lowest BCUT2D eigenvalue weighted by molar-refractivity contribution is -0.386. The smallest absolute Gasteiger partial charge is 0.312 e. The molecule has 0 saturated carbocycles. The normalized spacial score (nSPS) is 10.9. The van der Waals surface area contributed by atoms with Gasteiger partial charge in [0.25, 0.3) is 0 Å². The Morgan fingerprint density at radius 2 is 1.90 bits per heavy atom. The van der Waals surface area contributed by atoms with E-state index in [0.717, 1.165) is 0 Å². The van der Waals surface area contributed by atoms with Crippen LogP contribution in [0.2, 0.25) is 0 Å². The third kappa shape index (κ3) is 5.61. The van der Waals surface area contributed by atoms with E-state index in [1.165, 1.54) is 6.07 Å². The highest BCUT2D eigenvalue weighted by Gasteiger charge is 2.19. The summed E-state index contributed by atoms with van der Waals surface area (Å²) < 4.78 is 17.0. The molecule has 0 radical (unpaired) electrons. The third-order valence-electron chi connectivity index (χ3n) is 2.72. The minimum atomic E-state index is -0.449. The highest BCUT2D eigenvalue weighted by Crippen LogP contribution is 2.34. The first-order valence-electron chi connectivity index (χ1n) is 6.80. The summed E-state index contributed by atoms with van der Waals surface area (Å²) in [5.74, 6) is 0.287. The summed E-state index contributed by atoms with van der Waals surface area (Å²) in [6.45, 7) is 6.92. The number of benzene rings is 1. The minimum Gasteiger partial charge on any atom is -0.486 e. The molecule has 1 aromatic carbocycles. The first-order chi connectivity index (χ1) is 9.99. The number of hydrogen-bond donors (Lipinski definition) is 0. The van der Waals surface area contributed by atoms with Crippen LogP contribution in [-0.4, -0.2) is 31.0 Å². The SMILES string of the molecule is CCOC(CCOc1c(C)cc(Br)cc1[N+](=O)[O-])OCC. The van der Waals surface area contributed by atoms with Crippen LogP contribution in [-0.2, 0) is 9.47 Å². The first-order valence-corrected chi connectivity index (χ1v) is 7.59. The quantitative estimate of drug-likeness (QED) is 0.379. The predicted octanol–water partition coefficient (Wildman–Crippen LogP) is 3.83. The summed E-state index contributed by atoms with van der Waals surface area (Å²) in [5, 5.41) is 11.1. The monoisotopic (exact) mass is 361 g/mol. The van der Waals surface area contributed by atoms with Crippen LogP contribution in [0.5, 0.6) is 5.75 Å². The number of rotatable bonds is 9. The molecule has 21 heavy (non-hydrogen) atoms. The fraction of sp³-hybridized carbons (Fsp3) is 0.571. The maximum atomic E-state index is 11.1. The van der Waals surface area contributed by atoms with Gasteiger partial charge in [-0.2, -0.15) is 0 Å². The number of nitro benzene ring substituents is 1. The molecule has 0 spiro atoms. The van der Waals surface area contributed by atoms with Crippen molar-refractivity contribution in [2.75, 3.05) is 19.8 Å². The maximum absolute atomic E-state index is 11.1. The zero-order chi connectivity index (χ0) is 15.8. The lowest BCUT2D eigenvalue weighted by Gasteiger charge is -2.17. The molecule has 0 fully saturated rings. The van der Waals surface area contributed by atoms with Crippen molar-refractivity contribution in [3.63, 3.8) is 0 Å². The second-order valence-electron chi connectivity index (χ2n) is 4.31. The Kier molecular flexibility index (Phi) is 7.63. The Labute approximate surface area is 132 Å². The van der Waals surface area contributed by atoms with Gasteiger partial charge in [0.1, 0.15) is 0 Å². The average molecular weight is 362 g/mol. The molecule has 0 aliphatic rings. The van der Waals surface area contributed by atoms with Gasteiger partial charge in [-0.15, -0.1) is 0 Å². The lowest BCUT2D eigenvalue weighted by Crippen LogP contribution is -2.20. The molecule has 0 saturated heterocycles. The van der Waals surface area contributed by atoms with Crippen LogP contribution in [0.15, 0.2) is 16.6 Å². The molecule has 0 N–H and O–H groups in total. The Morgan fingerprint density at radius 3 is 2.43 bits per heavy atom. The van der Waals surface area contributed by atoms with E-state index < -0.39 is 4.92 Å². The van der Waals surface area contributed by atoms with Gasteiger partial charge in [-0.25, -0.2) is 0 Å². The molecule has 0 amide bonds. The zero-order valence-corrected chi connectivity index (χ0v) is 14.0. The van der Waals surface area contributed by atoms with Gasteiger partial charge in [-0.05, 0) is 32.4 Å². The Bertz CT molecular complexity index is 475. The standard InChI is InChI=1S/C14H20BrNO5/c1-4-19-13(20-5-2)6-7-21-14-10(3)8-11(15)9-12(14)16(17)18/h8-9,13H,4-7H2,1-3H3. The summed E-state index contributed by atoms with van der Waals surface area (Å²) in [5.41, 5.74) is 0.659. The van der Waals surface area contributed by atoms with E-state index >= 15 is 0 Å². The van der Waals surface area contributed by atoms with Gasteiger partial charge >= 0.3 is 5.69 Å². The van der Waals surface area contributed by atoms with Crippen LogP contribution in [0.3, 0.4) is 0 Å². The predicted molar refractivity (Wildman–Crippen MR) is 82.7 cm³/mol. The van der Waals surface area contributed by atoms with Crippen LogP contribution in [0.4, 0.5) is 5.69 Å². The van der Waals surface area contributed by atoms with Gasteiger partial charge in [-0.3, -0.25) is 10.1 Å². The summed E-state index contributed by atoms with van der Waals surface area (Å²) in [4.78, 5) is 10.6. The fourth-order valence-corrected chi connectivity index (χ4v) is 2.44. The Balaban J connectivity index is 2.72. The second kappa shape index (κ2) is 8.96. The molecule has 7 heteroatoms. The fourth-order valence-electron chi connectivity index (χ4n) is 1.88. The van der Waals surface area contributed by atoms with Crippen molar-refractivity contribution in [3.05, 3.63) is 32.3 Å². The molecular weight excluding hydrogens is 342 g/mol. The van der Waals surface area contributed by atoms with E-state index in [0.29, 0.717) is 29.7 Å². The van der Waals surface area contributed by atoms with E-state index in [-0.39, 0.29) is 24.3 Å². The van der Waals surface area contributed by atoms with E-state index in [2.05, 4.69) is 15.9 Å². The maximum Gasteiger partial charge on any atom is 0.312 e. The molecule has 0 aromatic heterocycles. The van der Waals surface area contributed by atoms with E-state index in [1.54, 1.807) is 13.0 Å². The Morgan fingerprint density at radius 1 is 1.29 bits per heavy atom. The molecule has 0 aliphatic heterocycles. The van der Waals surface area contributed by atoms with Crippen molar-refractivity contribution in [2.45, 2.75) is 33.5 Å². The van der Waals surface area contributed by atoms with E-state index in [1.807, 2.05) is 13.8 Å². The van der Waals surface area contributed by atoms with Crippen LogP contribution in [0.1, 0.15) is 25.8 Å². The average Bonchev–Trinajstić information content (AvgIpc) is 2.40. The summed E-state index contributed by atoms with van der Waals surface area (Å²) >= 11 is 3.25. The van der Waals surface area contributed by atoms with E-state index in [4.69, 9.17) is 14.2 Å². The zero-order valence-electron chi connectivity index (χ0n) is 12.4. The molecule has 118 valence electrons. The molecule has 1 aromatic rings. The molecule has 0 heterocycles. The minimum absolute atomic E-state index is 0.0498. The summed E-state index contributed by atoms with van der Waals surface area (Å²) in [6.07, 6.45) is 0.156. The number of hydrogen-bond acceptors (Lipinski definition) is 5. The van der Waals surface area contributed by atoms with Gasteiger partial charge in [0.05, 0.1) is 11.5 Å². The number of nitrogens with zero attached hydrogens (tertiary/aromatic N) is 1. The van der Waals surface area contributed by atoms with Crippen LogP contribution in [0, 0.1) is 17.0 Å². The molecule has 1 rings (SSSR count). The number of nitro groups is 1. The van der Waals surface area contributed by atoms with Crippen molar-refractivity contribution in [1.82, 2.24) is 0 Å². The highest BCUT2D eigenvalue weighted by atomic mass is 79.9. The van der Waals surface area contributed by atoms with E-state index in [9.17, 15) is 10.1 Å². The van der Waals surface area contributed by atoms with Gasteiger partial charge in [0.15, 0.2) is 12.0 Å². The van der Waals surface area contributed by atoms with Gasteiger partial charge in [-0.1, -0.05) is 15.9 Å². The largest absolute Gasteiger partial charge is 0.486 e. The van der Waals surface area contributed by atoms with Gasteiger partial charge < -0.3 is 14.2 Å². The number of ether oxygens (including phenoxy) is 3. The number of aryl methyl sites for hydroxylation is 1.